The number of pyridine rings is 1. The van der Waals surface area contributed by atoms with Gasteiger partial charge in [-0.05, 0) is 38.8 Å². The molecule has 0 radical (unpaired) electrons. The highest BCUT2D eigenvalue weighted by atomic mass is 16.5. The van der Waals surface area contributed by atoms with Gasteiger partial charge in [-0.25, -0.2) is 0 Å². The van der Waals surface area contributed by atoms with Gasteiger partial charge >= 0.3 is 0 Å². The van der Waals surface area contributed by atoms with Crippen molar-refractivity contribution in [1.82, 2.24) is 24.8 Å². The number of likely N-dealkylation sites (tertiary alicyclic amines) is 1. The van der Waals surface area contributed by atoms with Crippen molar-refractivity contribution in [3.8, 4) is 11.1 Å². The van der Waals surface area contributed by atoms with E-state index in [1.807, 2.05) is 32.0 Å². The number of carbonyl (C=O) groups excluding carboxylic acids is 1. The summed E-state index contributed by atoms with van der Waals surface area (Å²) >= 11 is 0. The van der Waals surface area contributed by atoms with E-state index in [-0.39, 0.29) is 11.8 Å². The van der Waals surface area contributed by atoms with Gasteiger partial charge in [0.1, 0.15) is 11.5 Å². The minimum atomic E-state index is -0.00681. The third-order valence-corrected chi connectivity index (χ3v) is 5.17. The van der Waals surface area contributed by atoms with Crippen molar-refractivity contribution in [1.29, 1.82) is 0 Å². The molecule has 1 aliphatic heterocycles. The minimum Gasteiger partial charge on any atom is -0.361 e. The standard InChI is InChI=1S/C20H23N5O2/c1-13-19(14(2)27-23-13)15-6-7-17(21-11-15)16-5-4-9-25(12-16)20(26)18-8-10-24(3)22-18/h6-8,10-11,16H,4-5,9,12H2,1-3H3. The third-order valence-electron chi connectivity index (χ3n) is 5.17. The van der Waals surface area contributed by atoms with Gasteiger partial charge in [0.25, 0.3) is 5.91 Å². The molecule has 0 spiro atoms. The van der Waals surface area contributed by atoms with Gasteiger partial charge in [0.15, 0.2) is 0 Å². The van der Waals surface area contributed by atoms with Crippen LogP contribution < -0.4 is 0 Å². The molecule has 0 bridgehead atoms. The van der Waals surface area contributed by atoms with Crippen LogP contribution in [0.1, 0.15) is 46.4 Å². The van der Waals surface area contributed by atoms with Crippen LogP contribution >= 0.6 is 0 Å². The first-order valence-electron chi connectivity index (χ1n) is 9.21. The first kappa shape index (κ1) is 17.5. The maximum absolute atomic E-state index is 12.7. The summed E-state index contributed by atoms with van der Waals surface area (Å²) in [4.78, 5) is 19.3. The van der Waals surface area contributed by atoms with E-state index in [2.05, 4.69) is 27.4 Å². The number of rotatable bonds is 3. The molecular formula is C20H23N5O2. The highest BCUT2D eigenvalue weighted by Gasteiger charge is 2.27. The average molecular weight is 365 g/mol. The summed E-state index contributed by atoms with van der Waals surface area (Å²) in [5.74, 6) is 1.03. The number of aryl methyl sites for hydroxylation is 3. The van der Waals surface area contributed by atoms with E-state index in [1.165, 1.54) is 0 Å². The maximum atomic E-state index is 12.7. The number of amides is 1. The number of aromatic nitrogens is 4. The van der Waals surface area contributed by atoms with Crippen molar-refractivity contribution in [3.05, 3.63) is 53.4 Å². The SMILES string of the molecule is Cc1noc(C)c1-c1ccc(C2CCCN(C(=O)c3ccn(C)n3)C2)nc1. The summed E-state index contributed by atoms with van der Waals surface area (Å²) in [7, 11) is 1.82. The van der Waals surface area contributed by atoms with Gasteiger partial charge in [0.05, 0.1) is 5.69 Å². The van der Waals surface area contributed by atoms with E-state index in [0.29, 0.717) is 12.2 Å². The second-order valence-corrected chi connectivity index (χ2v) is 7.14. The van der Waals surface area contributed by atoms with Crippen molar-refractivity contribution in [2.45, 2.75) is 32.6 Å². The van der Waals surface area contributed by atoms with Crippen molar-refractivity contribution in [2.75, 3.05) is 13.1 Å². The Bertz CT molecular complexity index is 938. The monoisotopic (exact) mass is 365 g/mol. The van der Waals surface area contributed by atoms with Crippen LogP contribution in [0.25, 0.3) is 11.1 Å². The maximum Gasteiger partial charge on any atom is 0.274 e. The van der Waals surface area contributed by atoms with Gasteiger partial charge in [-0.1, -0.05) is 11.2 Å². The molecule has 1 saturated heterocycles. The van der Waals surface area contributed by atoms with Crippen molar-refractivity contribution in [3.63, 3.8) is 0 Å². The molecular weight excluding hydrogens is 342 g/mol. The lowest BCUT2D eigenvalue weighted by atomic mass is 9.93. The molecule has 3 aromatic heterocycles. The molecule has 0 N–H and O–H groups in total. The quantitative estimate of drug-likeness (QED) is 0.713. The molecule has 0 aromatic carbocycles. The average Bonchev–Trinajstić information content (AvgIpc) is 3.27. The van der Waals surface area contributed by atoms with Crippen LogP contribution in [0, 0.1) is 13.8 Å². The van der Waals surface area contributed by atoms with E-state index >= 15 is 0 Å². The van der Waals surface area contributed by atoms with Gasteiger partial charge in [0.2, 0.25) is 0 Å². The normalized spacial score (nSPS) is 17.3. The third kappa shape index (κ3) is 3.37. The summed E-state index contributed by atoms with van der Waals surface area (Å²) in [5, 5.41) is 8.25. The van der Waals surface area contributed by atoms with Crippen LogP contribution in [0.4, 0.5) is 0 Å². The van der Waals surface area contributed by atoms with E-state index in [0.717, 1.165) is 47.7 Å². The van der Waals surface area contributed by atoms with Crippen LogP contribution in [-0.2, 0) is 7.05 Å². The lowest BCUT2D eigenvalue weighted by Crippen LogP contribution is -2.39. The summed E-state index contributed by atoms with van der Waals surface area (Å²) in [5.41, 5.74) is 4.40. The topological polar surface area (TPSA) is 77.0 Å². The van der Waals surface area contributed by atoms with Gasteiger partial charge in [-0.3, -0.25) is 14.5 Å². The molecule has 27 heavy (non-hydrogen) atoms. The van der Waals surface area contributed by atoms with Gasteiger partial charge in [0, 0.05) is 55.3 Å². The summed E-state index contributed by atoms with van der Waals surface area (Å²) < 4.78 is 6.91. The molecule has 1 aliphatic rings. The predicted octanol–water partition coefficient (Wildman–Crippen LogP) is 3.11. The minimum absolute atomic E-state index is 0.00681. The molecule has 7 nitrogen and oxygen atoms in total. The van der Waals surface area contributed by atoms with Crippen LogP contribution in [0.2, 0.25) is 0 Å². The van der Waals surface area contributed by atoms with Crippen LogP contribution in [0.15, 0.2) is 35.1 Å². The second kappa shape index (κ2) is 6.98. The van der Waals surface area contributed by atoms with E-state index in [9.17, 15) is 4.79 Å². The number of hydrogen-bond donors (Lipinski definition) is 0. The molecule has 140 valence electrons. The molecule has 4 heterocycles. The number of hydrogen-bond acceptors (Lipinski definition) is 5. The van der Waals surface area contributed by atoms with Crippen LogP contribution in [-0.4, -0.2) is 43.8 Å². The fraction of sp³-hybridized carbons (Fsp3) is 0.400. The zero-order valence-corrected chi connectivity index (χ0v) is 15.8. The summed E-state index contributed by atoms with van der Waals surface area (Å²) in [6, 6.07) is 5.89. The number of nitrogens with zero attached hydrogens (tertiary/aromatic N) is 5. The molecule has 1 unspecified atom stereocenters. The highest BCUT2D eigenvalue weighted by Crippen LogP contribution is 2.30. The fourth-order valence-corrected chi connectivity index (χ4v) is 3.78. The molecule has 7 heteroatoms. The lowest BCUT2D eigenvalue weighted by Gasteiger charge is -2.32. The first-order chi connectivity index (χ1) is 13.0. The Labute approximate surface area is 158 Å². The number of piperidine rings is 1. The Morgan fingerprint density at radius 1 is 1.26 bits per heavy atom. The van der Waals surface area contributed by atoms with Crippen molar-refractivity contribution in [2.24, 2.45) is 7.05 Å². The smallest absolute Gasteiger partial charge is 0.274 e. The lowest BCUT2D eigenvalue weighted by molar-refractivity contribution is 0.0699. The zero-order chi connectivity index (χ0) is 19.0. The predicted molar refractivity (Wildman–Crippen MR) is 100 cm³/mol. The van der Waals surface area contributed by atoms with E-state index < -0.39 is 0 Å². The van der Waals surface area contributed by atoms with E-state index in [1.54, 1.807) is 16.9 Å². The molecule has 1 amide bonds. The molecule has 4 rings (SSSR count). The van der Waals surface area contributed by atoms with Crippen LogP contribution in [0.3, 0.4) is 0 Å². The molecule has 3 aromatic rings. The zero-order valence-electron chi connectivity index (χ0n) is 15.8. The fourth-order valence-electron chi connectivity index (χ4n) is 3.78. The second-order valence-electron chi connectivity index (χ2n) is 7.14. The van der Waals surface area contributed by atoms with Crippen LogP contribution in [0.5, 0.6) is 0 Å². The number of carbonyl (C=O) groups is 1. The van der Waals surface area contributed by atoms with Crippen molar-refractivity contribution >= 4 is 5.91 Å². The molecule has 1 atom stereocenters. The Morgan fingerprint density at radius 3 is 2.74 bits per heavy atom. The Kier molecular flexibility index (Phi) is 4.51. The van der Waals surface area contributed by atoms with Gasteiger partial charge < -0.3 is 9.42 Å². The Hall–Kier alpha value is -2.96. The molecule has 1 fully saturated rings. The Balaban J connectivity index is 1.51. The Morgan fingerprint density at radius 2 is 2.11 bits per heavy atom. The highest BCUT2D eigenvalue weighted by molar-refractivity contribution is 5.92. The van der Waals surface area contributed by atoms with Gasteiger partial charge in [-0.2, -0.15) is 5.10 Å². The van der Waals surface area contributed by atoms with E-state index in [4.69, 9.17) is 4.52 Å². The molecule has 0 saturated carbocycles. The summed E-state index contributed by atoms with van der Waals surface area (Å²) in [6.07, 6.45) is 5.67. The summed E-state index contributed by atoms with van der Waals surface area (Å²) in [6.45, 7) is 5.28. The molecule has 0 aliphatic carbocycles. The van der Waals surface area contributed by atoms with Crippen molar-refractivity contribution < 1.29 is 9.32 Å². The first-order valence-corrected chi connectivity index (χ1v) is 9.21. The van der Waals surface area contributed by atoms with Gasteiger partial charge in [-0.15, -0.1) is 0 Å². The largest absolute Gasteiger partial charge is 0.361 e.